The van der Waals surface area contributed by atoms with Gasteiger partial charge in [-0.3, -0.25) is 0 Å². The number of sulfonamides is 2. The Morgan fingerprint density at radius 2 is 0.966 bits per heavy atom. The van der Waals surface area contributed by atoms with Crippen LogP contribution >= 0.6 is 0 Å². The molecule has 0 unspecified atom stereocenters. The van der Waals surface area contributed by atoms with Crippen LogP contribution in [0.1, 0.15) is 30.4 Å². The molecule has 0 amide bonds. The molecule has 0 heterocycles. The molecule has 2 aliphatic rings. The van der Waals surface area contributed by atoms with E-state index in [2.05, 4.69) is 9.44 Å². The number of hydrogen-bond donors (Lipinski definition) is 2. The standard InChI is InChI=1S/C21H26N2O4S2/c1-14-3-7-18(8-4-14)28(24,25)22-20-12-17-11-16(20)13-21(17)23-29(26,27)19-9-5-15(2)6-10-19/h3-10,16-17,20-23H,11-13H2,1-2H3/t16-,17-,20-,21-/m1/s1. The zero-order valence-corrected chi connectivity index (χ0v) is 18.1. The van der Waals surface area contributed by atoms with E-state index in [4.69, 9.17) is 0 Å². The molecule has 2 N–H and O–H groups in total. The third-order valence-corrected chi connectivity index (χ3v) is 9.14. The molecule has 2 bridgehead atoms. The maximum Gasteiger partial charge on any atom is 0.240 e. The van der Waals surface area contributed by atoms with Crippen molar-refractivity contribution < 1.29 is 16.8 Å². The van der Waals surface area contributed by atoms with Crippen molar-refractivity contribution >= 4 is 20.0 Å². The summed E-state index contributed by atoms with van der Waals surface area (Å²) >= 11 is 0. The van der Waals surface area contributed by atoms with Gasteiger partial charge in [0.05, 0.1) is 9.79 Å². The number of benzene rings is 2. The minimum Gasteiger partial charge on any atom is -0.208 e. The molecule has 2 aliphatic carbocycles. The number of aryl methyl sites for hydroxylation is 2. The summed E-state index contributed by atoms with van der Waals surface area (Å²) < 4.78 is 56.4. The fourth-order valence-corrected chi connectivity index (χ4v) is 7.17. The minimum atomic E-state index is -3.57. The van der Waals surface area contributed by atoms with Crippen LogP contribution in [-0.2, 0) is 20.0 Å². The third-order valence-electron chi connectivity index (χ3n) is 6.13. The molecule has 0 aromatic heterocycles. The molecule has 4 rings (SSSR count). The Bertz CT molecular complexity index is 1000. The van der Waals surface area contributed by atoms with Crippen molar-refractivity contribution in [1.29, 1.82) is 0 Å². The Kier molecular flexibility index (Phi) is 5.31. The van der Waals surface area contributed by atoms with Gasteiger partial charge in [-0.1, -0.05) is 35.4 Å². The predicted molar refractivity (Wildman–Crippen MR) is 111 cm³/mol. The van der Waals surface area contributed by atoms with E-state index in [1.54, 1.807) is 48.5 Å². The van der Waals surface area contributed by atoms with Gasteiger partial charge in [-0.05, 0) is 69.2 Å². The Balaban J connectivity index is 1.41. The first kappa shape index (κ1) is 20.5. The van der Waals surface area contributed by atoms with Crippen LogP contribution in [0.2, 0.25) is 0 Å². The van der Waals surface area contributed by atoms with Crippen molar-refractivity contribution in [3.8, 4) is 0 Å². The topological polar surface area (TPSA) is 92.3 Å². The maximum absolute atomic E-state index is 12.7. The number of nitrogens with one attached hydrogen (secondary N) is 2. The lowest BCUT2D eigenvalue weighted by Crippen LogP contribution is -2.45. The highest BCUT2D eigenvalue weighted by Gasteiger charge is 2.48. The molecule has 0 saturated heterocycles. The van der Waals surface area contributed by atoms with E-state index in [1.165, 1.54) is 0 Å². The van der Waals surface area contributed by atoms with Gasteiger partial charge in [0.1, 0.15) is 0 Å². The van der Waals surface area contributed by atoms with Crippen LogP contribution < -0.4 is 9.44 Å². The second-order valence-electron chi connectivity index (χ2n) is 8.31. The molecule has 2 aromatic rings. The SMILES string of the molecule is Cc1ccc(S(=O)(=O)N[C@@H]2C[C@H]3C[C@@H]2C[C@H]3NS(=O)(=O)c2ccc(C)cc2)cc1. The molecule has 2 saturated carbocycles. The summed E-state index contributed by atoms with van der Waals surface area (Å²) in [5.41, 5.74) is 2.01. The van der Waals surface area contributed by atoms with Crippen molar-refractivity contribution in [3.63, 3.8) is 0 Å². The molecule has 29 heavy (non-hydrogen) atoms. The van der Waals surface area contributed by atoms with Gasteiger partial charge in [-0.2, -0.15) is 0 Å². The Hall–Kier alpha value is -1.74. The molecule has 0 aliphatic heterocycles. The molecule has 2 fully saturated rings. The van der Waals surface area contributed by atoms with E-state index in [0.717, 1.165) is 17.5 Å². The first-order chi connectivity index (χ1) is 13.6. The fourth-order valence-electron chi connectivity index (χ4n) is 4.53. The highest BCUT2D eigenvalue weighted by molar-refractivity contribution is 7.89. The van der Waals surface area contributed by atoms with Gasteiger partial charge in [-0.15, -0.1) is 0 Å². The lowest BCUT2D eigenvalue weighted by atomic mass is 9.92. The Morgan fingerprint density at radius 1 is 0.621 bits per heavy atom. The van der Waals surface area contributed by atoms with Crippen LogP contribution in [0.4, 0.5) is 0 Å². The average molecular weight is 435 g/mol. The lowest BCUT2D eigenvalue weighted by Gasteiger charge is -2.29. The summed E-state index contributed by atoms with van der Waals surface area (Å²) in [5.74, 6) is 0.289. The first-order valence-corrected chi connectivity index (χ1v) is 12.8. The van der Waals surface area contributed by atoms with Crippen molar-refractivity contribution in [2.45, 2.75) is 55.0 Å². The molecule has 2 aromatic carbocycles. The summed E-state index contributed by atoms with van der Waals surface area (Å²) in [6, 6.07) is 13.3. The molecule has 0 radical (unpaired) electrons. The highest BCUT2D eigenvalue weighted by atomic mass is 32.2. The van der Waals surface area contributed by atoms with E-state index in [9.17, 15) is 16.8 Å². The second kappa shape index (κ2) is 7.50. The van der Waals surface area contributed by atoms with Crippen LogP contribution in [0.15, 0.2) is 58.3 Å². The van der Waals surface area contributed by atoms with Gasteiger partial charge >= 0.3 is 0 Å². The Labute approximate surface area is 172 Å². The molecule has 8 heteroatoms. The maximum atomic E-state index is 12.7. The predicted octanol–water partition coefficient (Wildman–Crippen LogP) is 2.73. The number of rotatable bonds is 6. The van der Waals surface area contributed by atoms with Gasteiger partial charge in [0.15, 0.2) is 0 Å². The summed E-state index contributed by atoms with van der Waals surface area (Å²) in [7, 11) is -7.14. The summed E-state index contributed by atoms with van der Waals surface area (Å²) in [5, 5.41) is 0. The number of fused-ring (bicyclic) bond motifs is 2. The average Bonchev–Trinajstić information content (AvgIpc) is 3.21. The van der Waals surface area contributed by atoms with E-state index < -0.39 is 20.0 Å². The van der Waals surface area contributed by atoms with Gasteiger partial charge in [0.25, 0.3) is 0 Å². The highest BCUT2D eigenvalue weighted by Crippen LogP contribution is 2.45. The molecule has 0 spiro atoms. The summed E-state index contributed by atoms with van der Waals surface area (Å²) in [4.78, 5) is 0.532. The summed E-state index contributed by atoms with van der Waals surface area (Å²) in [6.07, 6.45) is 2.13. The van der Waals surface area contributed by atoms with Gasteiger partial charge in [-0.25, -0.2) is 26.3 Å². The molecule has 6 nitrogen and oxygen atoms in total. The van der Waals surface area contributed by atoms with Gasteiger partial charge in [0, 0.05) is 12.1 Å². The van der Waals surface area contributed by atoms with E-state index in [1.807, 2.05) is 13.8 Å². The van der Waals surface area contributed by atoms with Crippen LogP contribution in [0.5, 0.6) is 0 Å². The molecule has 156 valence electrons. The van der Waals surface area contributed by atoms with Crippen molar-refractivity contribution in [1.82, 2.24) is 9.44 Å². The van der Waals surface area contributed by atoms with Crippen LogP contribution in [0.3, 0.4) is 0 Å². The van der Waals surface area contributed by atoms with Crippen molar-refractivity contribution in [2.75, 3.05) is 0 Å². The first-order valence-electron chi connectivity index (χ1n) is 9.82. The smallest absolute Gasteiger partial charge is 0.208 e. The molecular weight excluding hydrogens is 408 g/mol. The third kappa shape index (κ3) is 4.26. The Morgan fingerprint density at radius 3 is 1.28 bits per heavy atom. The number of hydrogen-bond acceptors (Lipinski definition) is 4. The largest absolute Gasteiger partial charge is 0.240 e. The van der Waals surface area contributed by atoms with E-state index in [0.29, 0.717) is 12.8 Å². The normalized spacial score (nSPS) is 26.7. The fraction of sp³-hybridized carbons (Fsp3) is 0.429. The van der Waals surface area contributed by atoms with Crippen LogP contribution in [0.25, 0.3) is 0 Å². The molecule has 4 atom stereocenters. The quantitative estimate of drug-likeness (QED) is 0.731. The summed E-state index contributed by atoms with van der Waals surface area (Å²) in [6.45, 7) is 3.83. The minimum absolute atomic E-state index is 0.144. The van der Waals surface area contributed by atoms with Crippen LogP contribution in [0, 0.1) is 25.7 Å². The van der Waals surface area contributed by atoms with Gasteiger partial charge < -0.3 is 0 Å². The van der Waals surface area contributed by atoms with E-state index >= 15 is 0 Å². The lowest BCUT2D eigenvalue weighted by molar-refractivity contribution is 0.338. The van der Waals surface area contributed by atoms with Crippen LogP contribution in [-0.4, -0.2) is 28.9 Å². The monoisotopic (exact) mass is 434 g/mol. The second-order valence-corrected chi connectivity index (χ2v) is 11.7. The van der Waals surface area contributed by atoms with Crippen molar-refractivity contribution in [2.24, 2.45) is 11.8 Å². The zero-order chi connectivity index (χ0) is 20.8. The van der Waals surface area contributed by atoms with E-state index in [-0.39, 0.29) is 33.7 Å². The van der Waals surface area contributed by atoms with Gasteiger partial charge in [0.2, 0.25) is 20.0 Å². The van der Waals surface area contributed by atoms with Crippen molar-refractivity contribution in [3.05, 3.63) is 59.7 Å². The zero-order valence-electron chi connectivity index (χ0n) is 16.5. The molecular formula is C21H26N2O4S2.